The summed E-state index contributed by atoms with van der Waals surface area (Å²) in [6.07, 6.45) is 1.17. The minimum atomic E-state index is 0.592. The first-order valence-corrected chi connectivity index (χ1v) is 6.72. The smallest absolute Gasteiger partial charge is 0.174 e. The van der Waals surface area contributed by atoms with Crippen molar-refractivity contribution in [2.24, 2.45) is 0 Å². The zero-order chi connectivity index (χ0) is 10.4. The Kier molecular flexibility index (Phi) is 5.44. The molecule has 0 amide bonds. The highest BCUT2D eigenvalue weighted by Crippen LogP contribution is 2.22. The van der Waals surface area contributed by atoms with Gasteiger partial charge in [0.15, 0.2) is 4.34 Å². The molecule has 0 saturated carbocycles. The van der Waals surface area contributed by atoms with Crippen molar-refractivity contribution in [3.05, 3.63) is 5.01 Å². The highest BCUT2D eigenvalue weighted by molar-refractivity contribution is 8.01. The van der Waals surface area contributed by atoms with Gasteiger partial charge in [0.25, 0.3) is 0 Å². The quantitative estimate of drug-likeness (QED) is 0.763. The number of hydrogen-bond acceptors (Lipinski definition) is 5. The van der Waals surface area contributed by atoms with Gasteiger partial charge < -0.3 is 5.32 Å². The van der Waals surface area contributed by atoms with E-state index in [2.05, 4.69) is 29.4 Å². The van der Waals surface area contributed by atoms with E-state index >= 15 is 0 Å². The summed E-state index contributed by atoms with van der Waals surface area (Å²) >= 11 is 3.47. The number of thioether (sulfide) groups is 1. The van der Waals surface area contributed by atoms with Crippen LogP contribution < -0.4 is 5.32 Å². The molecule has 0 bridgehead atoms. The Bertz CT molecular complexity index is 262. The van der Waals surface area contributed by atoms with Gasteiger partial charge in [-0.3, -0.25) is 0 Å². The molecular formula is C9H17N3S2. The molecule has 5 heteroatoms. The van der Waals surface area contributed by atoms with Crippen LogP contribution in [0.2, 0.25) is 0 Å². The molecule has 0 aromatic carbocycles. The summed E-state index contributed by atoms with van der Waals surface area (Å²) in [6.45, 7) is 7.37. The molecule has 1 aromatic rings. The van der Waals surface area contributed by atoms with Gasteiger partial charge in [-0.05, 0) is 19.9 Å². The molecule has 0 aliphatic carbocycles. The van der Waals surface area contributed by atoms with Crippen LogP contribution in [0.3, 0.4) is 0 Å². The fraction of sp³-hybridized carbons (Fsp3) is 0.778. The summed E-state index contributed by atoms with van der Waals surface area (Å²) in [7, 11) is 0. The van der Waals surface area contributed by atoms with E-state index in [-0.39, 0.29) is 0 Å². The van der Waals surface area contributed by atoms with Gasteiger partial charge in [0.05, 0.1) is 0 Å². The van der Waals surface area contributed by atoms with Crippen LogP contribution in [0.4, 0.5) is 0 Å². The Morgan fingerprint density at radius 3 is 2.71 bits per heavy atom. The van der Waals surface area contributed by atoms with Crippen LogP contribution in [0.15, 0.2) is 4.34 Å². The molecule has 14 heavy (non-hydrogen) atoms. The number of nitrogens with one attached hydrogen (secondary N) is 1. The number of aryl methyl sites for hydroxylation is 1. The van der Waals surface area contributed by atoms with Crippen molar-refractivity contribution < 1.29 is 0 Å². The van der Waals surface area contributed by atoms with Gasteiger partial charge in [0.1, 0.15) is 5.01 Å². The van der Waals surface area contributed by atoms with Gasteiger partial charge in [-0.25, -0.2) is 0 Å². The lowest BCUT2D eigenvalue weighted by molar-refractivity contribution is 0.560. The van der Waals surface area contributed by atoms with E-state index in [1.807, 2.05) is 6.92 Å². The molecule has 1 N–H and O–H groups in total. The van der Waals surface area contributed by atoms with Crippen LogP contribution >= 0.6 is 23.1 Å². The van der Waals surface area contributed by atoms with Gasteiger partial charge in [-0.15, -0.1) is 10.2 Å². The molecule has 0 aliphatic rings. The average molecular weight is 231 g/mol. The zero-order valence-corrected chi connectivity index (χ0v) is 10.5. The van der Waals surface area contributed by atoms with Crippen molar-refractivity contribution in [3.8, 4) is 0 Å². The lowest BCUT2D eigenvalue weighted by Gasteiger charge is -2.13. The number of nitrogens with zero attached hydrogens (tertiary/aromatic N) is 2. The van der Waals surface area contributed by atoms with Gasteiger partial charge in [0.2, 0.25) is 0 Å². The second kappa shape index (κ2) is 6.37. The third-order valence-corrected chi connectivity index (χ3v) is 4.04. The fourth-order valence-electron chi connectivity index (χ4n) is 1.12. The topological polar surface area (TPSA) is 37.8 Å². The lowest BCUT2D eigenvalue weighted by Crippen LogP contribution is -2.30. The van der Waals surface area contributed by atoms with E-state index < -0.39 is 0 Å². The van der Waals surface area contributed by atoms with Crippen LogP contribution in [0, 0.1) is 6.92 Å². The number of hydrogen-bond donors (Lipinski definition) is 1. The van der Waals surface area contributed by atoms with E-state index in [9.17, 15) is 0 Å². The normalized spacial score (nSPS) is 13.1. The van der Waals surface area contributed by atoms with Crippen molar-refractivity contribution in [1.82, 2.24) is 15.5 Å². The standard InChI is InChI=1S/C9H17N3S2/c1-4-8(10-5-2)6-13-9-12-11-7(3)14-9/h8,10H,4-6H2,1-3H3. The lowest BCUT2D eigenvalue weighted by atomic mass is 10.2. The van der Waals surface area contributed by atoms with E-state index in [4.69, 9.17) is 0 Å². The van der Waals surface area contributed by atoms with Gasteiger partial charge in [0, 0.05) is 11.8 Å². The van der Waals surface area contributed by atoms with Gasteiger partial charge in [-0.2, -0.15) is 0 Å². The van der Waals surface area contributed by atoms with Crippen LogP contribution in [0.5, 0.6) is 0 Å². The summed E-state index contributed by atoms with van der Waals surface area (Å²) in [4.78, 5) is 0. The molecule has 80 valence electrons. The molecule has 1 unspecified atom stereocenters. The summed E-state index contributed by atoms with van der Waals surface area (Å²) in [6, 6.07) is 0.592. The van der Waals surface area contributed by atoms with Crippen molar-refractivity contribution >= 4 is 23.1 Å². The van der Waals surface area contributed by atoms with Crippen molar-refractivity contribution in [2.75, 3.05) is 12.3 Å². The summed E-state index contributed by atoms with van der Waals surface area (Å²) in [5.41, 5.74) is 0. The molecule has 0 radical (unpaired) electrons. The highest BCUT2D eigenvalue weighted by Gasteiger charge is 2.07. The minimum absolute atomic E-state index is 0.592. The molecule has 3 nitrogen and oxygen atoms in total. The zero-order valence-electron chi connectivity index (χ0n) is 8.91. The molecular weight excluding hydrogens is 214 g/mol. The Balaban J connectivity index is 2.31. The summed E-state index contributed by atoms with van der Waals surface area (Å²) in [5, 5.41) is 12.6. The molecule has 1 heterocycles. The third kappa shape index (κ3) is 3.94. The van der Waals surface area contributed by atoms with E-state index in [1.54, 1.807) is 23.1 Å². The fourth-order valence-corrected chi connectivity index (χ4v) is 3.13. The molecule has 0 aliphatic heterocycles. The maximum absolute atomic E-state index is 4.09. The monoisotopic (exact) mass is 231 g/mol. The molecule has 1 rings (SSSR count). The minimum Gasteiger partial charge on any atom is -0.313 e. The maximum Gasteiger partial charge on any atom is 0.174 e. The second-order valence-corrected chi connectivity index (χ2v) is 5.51. The molecule has 0 fully saturated rings. The van der Waals surface area contributed by atoms with Crippen molar-refractivity contribution in [2.45, 2.75) is 37.6 Å². The average Bonchev–Trinajstić information content (AvgIpc) is 2.59. The molecule has 1 atom stereocenters. The number of aromatic nitrogens is 2. The Labute approximate surface area is 93.7 Å². The Morgan fingerprint density at radius 1 is 1.43 bits per heavy atom. The SMILES string of the molecule is CCNC(CC)CSc1nnc(C)s1. The van der Waals surface area contributed by atoms with Crippen LogP contribution in [-0.2, 0) is 0 Å². The summed E-state index contributed by atoms with van der Waals surface area (Å²) < 4.78 is 1.08. The molecule has 0 saturated heterocycles. The Hall–Kier alpha value is -0.130. The van der Waals surface area contributed by atoms with Crippen LogP contribution in [-0.4, -0.2) is 28.5 Å². The van der Waals surface area contributed by atoms with Gasteiger partial charge >= 0.3 is 0 Å². The Morgan fingerprint density at radius 2 is 2.21 bits per heavy atom. The second-order valence-electron chi connectivity index (χ2n) is 3.06. The van der Waals surface area contributed by atoms with E-state index in [0.717, 1.165) is 21.6 Å². The first kappa shape index (κ1) is 11.9. The van der Waals surface area contributed by atoms with Crippen LogP contribution in [0.25, 0.3) is 0 Å². The van der Waals surface area contributed by atoms with Crippen molar-refractivity contribution in [1.29, 1.82) is 0 Å². The largest absolute Gasteiger partial charge is 0.313 e. The predicted molar refractivity (Wildman–Crippen MR) is 63.1 cm³/mol. The first-order valence-electron chi connectivity index (χ1n) is 4.92. The third-order valence-electron chi connectivity index (χ3n) is 1.90. The van der Waals surface area contributed by atoms with Gasteiger partial charge in [-0.1, -0.05) is 36.9 Å². The molecule has 1 aromatic heterocycles. The highest BCUT2D eigenvalue weighted by atomic mass is 32.2. The van der Waals surface area contributed by atoms with Crippen LogP contribution in [0.1, 0.15) is 25.3 Å². The molecule has 0 spiro atoms. The van der Waals surface area contributed by atoms with E-state index in [1.165, 1.54) is 6.42 Å². The van der Waals surface area contributed by atoms with Crippen molar-refractivity contribution in [3.63, 3.8) is 0 Å². The summed E-state index contributed by atoms with van der Waals surface area (Å²) in [5.74, 6) is 1.08. The van der Waals surface area contributed by atoms with E-state index in [0.29, 0.717) is 6.04 Å². The first-order chi connectivity index (χ1) is 6.76. The predicted octanol–water partition coefficient (Wildman–Crippen LogP) is 2.33. The maximum atomic E-state index is 4.09. The number of rotatable bonds is 6.